The molecule has 1 saturated heterocycles. The zero-order chi connectivity index (χ0) is 7.83. The maximum absolute atomic E-state index is 9.68. The Morgan fingerprint density at radius 1 is 1.40 bits per heavy atom. The third-order valence-electron chi connectivity index (χ3n) is 1.77. The highest BCUT2D eigenvalue weighted by Gasteiger charge is 2.37. The van der Waals surface area contributed by atoms with Crippen LogP contribution in [0.4, 0.5) is 0 Å². The van der Waals surface area contributed by atoms with Gasteiger partial charge >= 0.3 is 0 Å². The van der Waals surface area contributed by atoms with Gasteiger partial charge in [-0.3, -0.25) is 0 Å². The van der Waals surface area contributed by atoms with E-state index in [-0.39, 0.29) is 5.41 Å². The lowest BCUT2D eigenvalue weighted by atomic mass is 9.79. The fourth-order valence-corrected chi connectivity index (χ4v) is 1.53. The summed E-state index contributed by atoms with van der Waals surface area (Å²) >= 11 is 0. The molecule has 0 unspecified atom stereocenters. The van der Waals surface area contributed by atoms with Crippen molar-refractivity contribution in [2.75, 3.05) is 13.1 Å². The lowest BCUT2D eigenvalue weighted by molar-refractivity contribution is -0.0413. The van der Waals surface area contributed by atoms with Crippen LogP contribution in [0.1, 0.15) is 27.2 Å². The molecule has 0 amide bonds. The minimum Gasteiger partial charge on any atom is -0.387 e. The van der Waals surface area contributed by atoms with Gasteiger partial charge in [0.25, 0.3) is 0 Å². The van der Waals surface area contributed by atoms with Crippen LogP contribution in [0, 0.1) is 5.41 Å². The molecule has 0 spiro atoms. The third kappa shape index (κ3) is 1.96. The Morgan fingerprint density at radius 2 is 1.90 bits per heavy atom. The molecule has 0 aromatic heterocycles. The van der Waals surface area contributed by atoms with E-state index in [4.69, 9.17) is 0 Å². The summed E-state index contributed by atoms with van der Waals surface area (Å²) in [6.07, 6.45) is 0.896. The minimum absolute atomic E-state index is 0.247. The summed E-state index contributed by atoms with van der Waals surface area (Å²) in [6, 6.07) is 0. The van der Waals surface area contributed by atoms with Gasteiger partial charge in [0.2, 0.25) is 0 Å². The largest absolute Gasteiger partial charge is 0.387 e. The number of β-amino-alcohol motifs (C(OH)–C–C–N with tert-alkyl or cyclic N) is 1. The normalized spacial score (nSPS) is 24.0. The van der Waals surface area contributed by atoms with Gasteiger partial charge in [-0.05, 0) is 11.8 Å². The summed E-state index contributed by atoms with van der Waals surface area (Å²) in [6.45, 7) is 8.00. The van der Waals surface area contributed by atoms with Crippen molar-refractivity contribution in [1.29, 1.82) is 0 Å². The van der Waals surface area contributed by atoms with Crippen molar-refractivity contribution in [2.45, 2.75) is 32.8 Å². The molecule has 1 aliphatic rings. The van der Waals surface area contributed by atoms with E-state index in [0.717, 1.165) is 19.5 Å². The number of rotatable bonds is 1. The number of hydrogen-bond acceptors (Lipinski definition) is 2. The number of nitrogens with one attached hydrogen (secondary N) is 1. The van der Waals surface area contributed by atoms with Crippen LogP contribution in [0.2, 0.25) is 0 Å². The zero-order valence-corrected chi connectivity index (χ0v) is 7.07. The van der Waals surface area contributed by atoms with Crippen molar-refractivity contribution in [1.82, 2.24) is 5.32 Å². The second kappa shape index (κ2) is 2.21. The summed E-state index contributed by atoms with van der Waals surface area (Å²) < 4.78 is 0. The predicted molar refractivity (Wildman–Crippen MR) is 41.9 cm³/mol. The van der Waals surface area contributed by atoms with Crippen molar-refractivity contribution >= 4 is 0 Å². The second-order valence-corrected chi connectivity index (χ2v) is 4.57. The van der Waals surface area contributed by atoms with Crippen molar-refractivity contribution in [3.05, 3.63) is 0 Å². The van der Waals surface area contributed by atoms with Gasteiger partial charge in [-0.15, -0.1) is 0 Å². The highest BCUT2D eigenvalue weighted by atomic mass is 16.3. The van der Waals surface area contributed by atoms with Crippen molar-refractivity contribution in [3.8, 4) is 0 Å². The molecule has 0 aromatic carbocycles. The van der Waals surface area contributed by atoms with Crippen LogP contribution in [0.5, 0.6) is 0 Å². The average Bonchev–Trinajstić information content (AvgIpc) is 1.57. The maximum Gasteiger partial charge on any atom is 0.0900 e. The molecule has 0 bridgehead atoms. The fourth-order valence-electron chi connectivity index (χ4n) is 1.53. The Hall–Kier alpha value is -0.0800. The van der Waals surface area contributed by atoms with E-state index in [1.54, 1.807) is 0 Å². The highest BCUT2D eigenvalue weighted by molar-refractivity contribution is 4.95. The number of aliphatic hydroxyl groups is 1. The Morgan fingerprint density at radius 3 is 2.00 bits per heavy atom. The standard InChI is InChI=1S/C8H17NO/c1-7(2,3)4-8(10)5-9-6-8/h9-10H,4-6H2,1-3H3. The third-order valence-corrected chi connectivity index (χ3v) is 1.77. The van der Waals surface area contributed by atoms with Gasteiger partial charge in [-0.2, -0.15) is 0 Å². The molecule has 1 heterocycles. The molecule has 2 heteroatoms. The average molecular weight is 143 g/mol. The van der Waals surface area contributed by atoms with E-state index in [1.165, 1.54) is 0 Å². The van der Waals surface area contributed by atoms with Crippen LogP contribution in [0.25, 0.3) is 0 Å². The van der Waals surface area contributed by atoms with Crippen molar-refractivity contribution < 1.29 is 5.11 Å². The Labute approximate surface area is 62.6 Å². The Bertz CT molecular complexity index is 122. The summed E-state index contributed by atoms with van der Waals surface area (Å²) in [4.78, 5) is 0. The van der Waals surface area contributed by atoms with Crippen LogP contribution in [0.3, 0.4) is 0 Å². The molecule has 0 saturated carbocycles. The summed E-state index contributed by atoms with van der Waals surface area (Å²) in [5.41, 5.74) is -0.158. The van der Waals surface area contributed by atoms with Crippen LogP contribution in [0.15, 0.2) is 0 Å². The van der Waals surface area contributed by atoms with Gasteiger partial charge in [-0.1, -0.05) is 20.8 Å². The first-order valence-electron chi connectivity index (χ1n) is 3.84. The lowest BCUT2D eigenvalue weighted by Crippen LogP contribution is -2.60. The predicted octanol–water partition coefficient (Wildman–Crippen LogP) is 0.757. The van der Waals surface area contributed by atoms with Crippen LogP contribution in [-0.4, -0.2) is 23.8 Å². The molecule has 2 nitrogen and oxygen atoms in total. The van der Waals surface area contributed by atoms with E-state index in [2.05, 4.69) is 26.1 Å². The summed E-state index contributed by atoms with van der Waals surface area (Å²) in [5, 5.41) is 12.8. The zero-order valence-electron chi connectivity index (χ0n) is 7.07. The van der Waals surface area contributed by atoms with Gasteiger partial charge in [0.05, 0.1) is 5.60 Å². The minimum atomic E-state index is -0.405. The molecule has 1 fully saturated rings. The van der Waals surface area contributed by atoms with Crippen LogP contribution >= 0.6 is 0 Å². The molecule has 0 aliphatic carbocycles. The molecule has 1 rings (SSSR count). The lowest BCUT2D eigenvalue weighted by Gasteiger charge is -2.41. The Balaban J connectivity index is 2.37. The summed E-state index contributed by atoms with van der Waals surface area (Å²) in [5.74, 6) is 0. The molecular formula is C8H17NO. The molecule has 0 aromatic rings. The smallest absolute Gasteiger partial charge is 0.0900 e. The number of hydrogen-bond donors (Lipinski definition) is 2. The topological polar surface area (TPSA) is 32.3 Å². The van der Waals surface area contributed by atoms with Gasteiger partial charge in [0, 0.05) is 13.1 Å². The second-order valence-electron chi connectivity index (χ2n) is 4.57. The first-order chi connectivity index (χ1) is 4.41. The summed E-state index contributed by atoms with van der Waals surface area (Å²) in [7, 11) is 0. The monoisotopic (exact) mass is 143 g/mol. The molecule has 0 atom stereocenters. The first-order valence-corrected chi connectivity index (χ1v) is 3.84. The molecule has 1 aliphatic heterocycles. The van der Waals surface area contributed by atoms with Crippen LogP contribution < -0.4 is 5.32 Å². The highest BCUT2D eigenvalue weighted by Crippen LogP contribution is 2.29. The van der Waals surface area contributed by atoms with Gasteiger partial charge in [0.1, 0.15) is 0 Å². The van der Waals surface area contributed by atoms with Crippen molar-refractivity contribution in [3.63, 3.8) is 0 Å². The van der Waals surface area contributed by atoms with Gasteiger partial charge < -0.3 is 10.4 Å². The molecular weight excluding hydrogens is 126 g/mol. The molecule has 2 N–H and O–H groups in total. The van der Waals surface area contributed by atoms with E-state index in [1.807, 2.05) is 0 Å². The van der Waals surface area contributed by atoms with E-state index in [9.17, 15) is 5.11 Å². The maximum atomic E-state index is 9.68. The Kier molecular flexibility index (Phi) is 1.77. The van der Waals surface area contributed by atoms with Gasteiger partial charge in [0.15, 0.2) is 0 Å². The molecule has 0 radical (unpaired) electrons. The molecule has 10 heavy (non-hydrogen) atoms. The van der Waals surface area contributed by atoms with Crippen LogP contribution in [-0.2, 0) is 0 Å². The molecule has 60 valence electrons. The quantitative estimate of drug-likeness (QED) is 0.568. The van der Waals surface area contributed by atoms with E-state index >= 15 is 0 Å². The first kappa shape index (κ1) is 8.02. The fraction of sp³-hybridized carbons (Fsp3) is 1.00. The van der Waals surface area contributed by atoms with E-state index < -0.39 is 5.60 Å². The van der Waals surface area contributed by atoms with Gasteiger partial charge in [-0.25, -0.2) is 0 Å². The van der Waals surface area contributed by atoms with E-state index in [0.29, 0.717) is 0 Å². The SMILES string of the molecule is CC(C)(C)CC1(O)CNC1. The van der Waals surface area contributed by atoms with Crippen molar-refractivity contribution in [2.24, 2.45) is 5.41 Å².